The van der Waals surface area contributed by atoms with Crippen molar-refractivity contribution in [3.8, 4) is 12.1 Å². The number of ether oxygens (including phenoxy) is 1. The average Bonchev–Trinajstić information content (AvgIpc) is 3.60. The topological polar surface area (TPSA) is 151 Å². The quantitative estimate of drug-likeness (QED) is 0.360. The molecule has 1 aliphatic carbocycles. The van der Waals surface area contributed by atoms with Gasteiger partial charge in [-0.25, -0.2) is 4.98 Å². The highest BCUT2D eigenvalue weighted by atomic mass is 35.5. The predicted octanol–water partition coefficient (Wildman–Crippen LogP) is 2.75. The Bertz CT molecular complexity index is 1450. The molecule has 2 aromatic heterocycles. The number of imidazole rings is 1. The Hall–Kier alpha value is -3.68. The van der Waals surface area contributed by atoms with Crippen LogP contribution in [-0.2, 0) is 4.74 Å². The summed E-state index contributed by atoms with van der Waals surface area (Å²) in [7, 11) is 1.95. The standard InChI is InChI=1S/C26H31ClN10O2/c1-26(2,38)15-35(3)13-19-14-36(6-7-39-19)21-9-16(10-28)8-20(22(21)27)32-25-33-23(31-17-4-5-17)24-30-12-18(11-29)37(24)34-25/h8-9,12,17,19,38H,4-7,13-15H2,1-3H3,(H2,31,32,33,34). The monoisotopic (exact) mass is 550 g/mol. The molecule has 3 N–H and O–H groups in total. The van der Waals surface area contributed by atoms with E-state index in [9.17, 15) is 15.6 Å². The fourth-order valence-electron chi connectivity index (χ4n) is 4.76. The van der Waals surface area contributed by atoms with Crippen LogP contribution >= 0.6 is 11.6 Å². The van der Waals surface area contributed by atoms with Gasteiger partial charge >= 0.3 is 0 Å². The molecule has 2 aliphatic rings. The number of hydrogen-bond acceptors (Lipinski definition) is 11. The first-order valence-corrected chi connectivity index (χ1v) is 13.2. The summed E-state index contributed by atoms with van der Waals surface area (Å²) in [5, 5.41) is 40.8. The molecular formula is C26H31ClN10O2. The van der Waals surface area contributed by atoms with Crippen molar-refractivity contribution in [2.45, 2.75) is 44.4 Å². The second-order valence-electron chi connectivity index (χ2n) is 10.7. The molecule has 0 radical (unpaired) electrons. The molecule has 0 spiro atoms. The average molecular weight is 551 g/mol. The van der Waals surface area contributed by atoms with E-state index in [1.807, 2.05) is 11.9 Å². The van der Waals surface area contributed by atoms with Crippen LogP contribution in [0.2, 0.25) is 5.02 Å². The van der Waals surface area contributed by atoms with E-state index in [1.165, 1.54) is 10.7 Å². The number of nitrogens with zero attached hydrogens (tertiary/aromatic N) is 8. The van der Waals surface area contributed by atoms with E-state index >= 15 is 0 Å². The van der Waals surface area contributed by atoms with Crippen LogP contribution in [0.15, 0.2) is 18.3 Å². The first-order valence-electron chi connectivity index (χ1n) is 12.8. The van der Waals surface area contributed by atoms with Crippen LogP contribution < -0.4 is 15.5 Å². The maximum atomic E-state index is 10.1. The molecule has 1 unspecified atom stereocenters. The van der Waals surface area contributed by atoms with E-state index in [4.69, 9.17) is 16.3 Å². The van der Waals surface area contributed by atoms with Gasteiger partial charge in [0.2, 0.25) is 5.95 Å². The molecule has 1 saturated carbocycles. The highest BCUT2D eigenvalue weighted by Gasteiger charge is 2.27. The fraction of sp³-hybridized carbons (Fsp3) is 0.500. The van der Waals surface area contributed by atoms with Crippen LogP contribution in [-0.4, -0.2) is 87.2 Å². The number of morpholine rings is 1. The molecule has 3 heterocycles. The number of halogens is 1. The highest BCUT2D eigenvalue weighted by molar-refractivity contribution is 6.36. The third-order valence-electron chi connectivity index (χ3n) is 6.48. The van der Waals surface area contributed by atoms with E-state index < -0.39 is 5.60 Å². The largest absolute Gasteiger partial charge is 0.389 e. The second kappa shape index (κ2) is 10.8. The van der Waals surface area contributed by atoms with Gasteiger partial charge in [0.25, 0.3) is 0 Å². The maximum Gasteiger partial charge on any atom is 0.247 e. The summed E-state index contributed by atoms with van der Waals surface area (Å²) in [6.07, 6.45) is 3.44. The van der Waals surface area contributed by atoms with Crippen molar-refractivity contribution in [3.05, 3.63) is 34.6 Å². The van der Waals surface area contributed by atoms with Gasteiger partial charge in [-0.3, -0.25) is 0 Å². The molecule has 0 bridgehead atoms. The first-order chi connectivity index (χ1) is 18.6. The van der Waals surface area contributed by atoms with Crippen molar-refractivity contribution in [2.75, 3.05) is 55.4 Å². The summed E-state index contributed by atoms with van der Waals surface area (Å²) in [5.74, 6) is 0.742. The number of nitrogens with one attached hydrogen (secondary N) is 2. The Kier molecular flexibility index (Phi) is 7.47. The first kappa shape index (κ1) is 26.9. The third kappa shape index (κ3) is 6.32. The number of nitriles is 2. The summed E-state index contributed by atoms with van der Waals surface area (Å²) >= 11 is 6.91. The normalized spacial score (nSPS) is 17.7. The van der Waals surface area contributed by atoms with Gasteiger partial charge in [-0.05, 0) is 45.9 Å². The van der Waals surface area contributed by atoms with Crippen LogP contribution in [0.1, 0.15) is 37.9 Å². The van der Waals surface area contributed by atoms with Crippen LogP contribution in [0.3, 0.4) is 0 Å². The minimum atomic E-state index is -0.808. The Morgan fingerprint density at radius 3 is 2.77 bits per heavy atom. The van der Waals surface area contributed by atoms with Gasteiger partial charge in [0.1, 0.15) is 6.07 Å². The van der Waals surface area contributed by atoms with E-state index in [0.717, 1.165) is 12.8 Å². The minimum Gasteiger partial charge on any atom is -0.389 e. The van der Waals surface area contributed by atoms with Gasteiger partial charge in [0, 0.05) is 32.2 Å². The molecule has 204 valence electrons. The summed E-state index contributed by atoms with van der Waals surface area (Å²) < 4.78 is 7.44. The Morgan fingerprint density at radius 2 is 2.08 bits per heavy atom. The van der Waals surface area contributed by atoms with Gasteiger partial charge in [0.05, 0.1) is 52.5 Å². The molecule has 39 heavy (non-hydrogen) atoms. The number of anilines is 4. The molecule has 5 rings (SSSR count). The van der Waals surface area contributed by atoms with Crippen LogP contribution in [0.4, 0.5) is 23.1 Å². The molecule has 3 aromatic rings. The molecule has 12 nitrogen and oxygen atoms in total. The van der Waals surface area contributed by atoms with Crippen molar-refractivity contribution in [1.29, 1.82) is 10.5 Å². The number of rotatable bonds is 9. The van der Waals surface area contributed by atoms with Crippen LogP contribution in [0, 0.1) is 22.7 Å². The summed E-state index contributed by atoms with van der Waals surface area (Å²) in [4.78, 5) is 13.1. The minimum absolute atomic E-state index is 0.100. The third-order valence-corrected chi connectivity index (χ3v) is 6.87. The van der Waals surface area contributed by atoms with E-state index in [-0.39, 0.29) is 17.7 Å². The Balaban J connectivity index is 1.42. The van der Waals surface area contributed by atoms with Gasteiger partial charge in [-0.15, -0.1) is 5.10 Å². The van der Waals surface area contributed by atoms with Gasteiger partial charge in [0.15, 0.2) is 17.2 Å². The van der Waals surface area contributed by atoms with E-state index in [2.05, 4.69) is 42.7 Å². The summed E-state index contributed by atoms with van der Waals surface area (Å²) in [6, 6.07) is 8.05. The zero-order chi connectivity index (χ0) is 27.7. The molecule has 1 aliphatic heterocycles. The summed E-state index contributed by atoms with van der Waals surface area (Å²) in [5.41, 5.74) is 1.54. The molecule has 1 atom stereocenters. The van der Waals surface area contributed by atoms with Crippen molar-refractivity contribution >= 4 is 40.4 Å². The van der Waals surface area contributed by atoms with Crippen LogP contribution in [0.25, 0.3) is 5.65 Å². The lowest BCUT2D eigenvalue weighted by Crippen LogP contribution is -2.49. The van der Waals surface area contributed by atoms with Gasteiger partial charge in [-0.1, -0.05) is 11.6 Å². The number of benzene rings is 1. The fourth-order valence-corrected chi connectivity index (χ4v) is 5.04. The van der Waals surface area contributed by atoms with Crippen LogP contribution in [0.5, 0.6) is 0 Å². The Labute approximate surface area is 231 Å². The number of fused-ring (bicyclic) bond motifs is 1. The summed E-state index contributed by atoms with van der Waals surface area (Å²) in [6.45, 7) is 6.39. The smallest absolute Gasteiger partial charge is 0.247 e. The van der Waals surface area contributed by atoms with Crippen molar-refractivity contribution in [1.82, 2.24) is 24.5 Å². The molecule has 0 amide bonds. The van der Waals surface area contributed by atoms with Crippen molar-refractivity contribution < 1.29 is 9.84 Å². The second-order valence-corrected chi connectivity index (χ2v) is 11.1. The lowest BCUT2D eigenvalue weighted by Gasteiger charge is -2.37. The Morgan fingerprint density at radius 1 is 1.28 bits per heavy atom. The van der Waals surface area contributed by atoms with Gasteiger partial charge < -0.3 is 30.3 Å². The lowest BCUT2D eigenvalue weighted by atomic mass is 10.1. The zero-order valence-electron chi connectivity index (χ0n) is 22.1. The number of aliphatic hydroxyl groups is 1. The molecule has 1 saturated heterocycles. The zero-order valence-corrected chi connectivity index (χ0v) is 22.9. The lowest BCUT2D eigenvalue weighted by molar-refractivity contribution is -0.00397. The predicted molar refractivity (Wildman–Crippen MR) is 147 cm³/mol. The number of likely N-dealkylation sites (N-methyl/N-ethyl adjacent to an activating group) is 1. The highest BCUT2D eigenvalue weighted by Crippen LogP contribution is 2.37. The SMILES string of the molecule is CN(CC1CN(c2cc(C#N)cc(Nc3nc(NC4CC4)c4ncc(C#N)n4n3)c2Cl)CCO1)CC(C)(C)O. The number of hydrogen-bond donors (Lipinski definition) is 3. The molecule has 1 aromatic carbocycles. The van der Waals surface area contributed by atoms with Crippen molar-refractivity contribution in [3.63, 3.8) is 0 Å². The molecular weight excluding hydrogens is 520 g/mol. The van der Waals surface area contributed by atoms with E-state index in [0.29, 0.717) is 72.3 Å². The van der Waals surface area contributed by atoms with Crippen molar-refractivity contribution in [2.24, 2.45) is 0 Å². The molecule has 13 heteroatoms. The maximum absolute atomic E-state index is 10.1. The number of aromatic nitrogens is 4. The molecule has 2 fully saturated rings. The van der Waals surface area contributed by atoms with E-state index in [1.54, 1.807) is 26.0 Å². The van der Waals surface area contributed by atoms with Gasteiger partial charge in [-0.2, -0.15) is 20.0 Å².